The molecule has 3 rings (SSSR count). The summed E-state index contributed by atoms with van der Waals surface area (Å²) in [4.78, 5) is 6.75. The van der Waals surface area contributed by atoms with E-state index in [1.165, 1.54) is 16.7 Å². The van der Waals surface area contributed by atoms with Gasteiger partial charge >= 0.3 is 0 Å². The van der Waals surface area contributed by atoms with Crippen LogP contribution < -0.4 is 11.5 Å². The Kier molecular flexibility index (Phi) is 5.26. The first-order chi connectivity index (χ1) is 11.3. The lowest BCUT2D eigenvalue weighted by Crippen LogP contribution is -2.32. The molecule has 0 atom stereocenters. The van der Waals surface area contributed by atoms with Crippen molar-refractivity contribution in [2.24, 2.45) is 5.73 Å². The zero-order valence-corrected chi connectivity index (χ0v) is 13.6. The van der Waals surface area contributed by atoms with E-state index in [0.717, 1.165) is 38.9 Å². The normalized spacial score (nSPS) is 16.6. The smallest absolute Gasteiger partial charge is 0.126 e. The van der Waals surface area contributed by atoms with Crippen molar-refractivity contribution >= 4 is 5.82 Å². The lowest BCUT2D eigenvalue weighted by molar-refractivity contribution is 0.205. The van der Waals surface area contributed by atoms with Gasteiger partial charge in [0.25, 0.3) is 0 Å². The van der Waals surface area contributed by atoms with Crippen LogP contribution in [-0.2, 0) is 13.0 Å². The number of pyridine rings is 1. The van der Waals surface area contributed by atoms with Crippen LogP contribution in [0, 0.1) is 0 Å². The van der Waals surface area contributed by atoms with Crippen LogP contribution in [-0.4, -0.2) is 29.5 Å². The number of benzene rings is 1. The Balaban J connectivity index is 1.54. The highest BCUT2D eigenvalue weighted by atomic mass is 15.1. The second-order valence-electron chi connectivity index (χ2n) is 6.38. The van der Waals surface area contributed by atoms with E-state index in [1.807, 2.05) is 6.07 Å². The number of anilines is 1. The maximum Gasteiger partial charge on any atom is 0.126 e. The quantitative estimate of drug-likeness (QED) is 0.890. The van der Waals surface area contributed by atoms with Crippen molar-refractivity contribution in [2.75, 3.05) is 25.4 Å². The highest BCUT2D eigenvalue weighted by Crippen LogP contribution is 2.31. The zero-order valence-electron chi connectivity index (χ0n) is 13.6. The van der Waals surface area contributed by atoms with E-state index in [-0.39, 0.29) is 0 Å². The molecule has 0 unspecified atom stereocenters. The van der Waals surface area contributed by atoms with Crippen LogP contribution in [0.15, 0.2) is 42.6 Å². The molecular weight excluding hydrogens is 284 g/mol. The Hall–Kier alpha value is -1.91. The summed E-state index contributed by atoms with van der Waals surface area (Å²) in [7, 11) is 0. The molecule has 0 saturated carbocycles. The SMILES string of the molecule is NCCc1ccc(CN2CCC(c3cccnc3N)CC2)cc1. The summed E-state index contributed by atoms with van der Waals surface area (Å²) in [5.41, 5.74) is 15.5. The fraction of sp³-hybridized carbons (Fsp3) is 0.421. The van der Waals surface area contributed by atoms with E-state index in [1.54, 1.807) is 6.20 Å². The van der Waals surface area contributed by atoms with Crippen LogP contribution in [0.2, 0.25) is 0 Å². The number of rotatable bonds is 5. The summed E-state index contributed by atoms with van der Waals surface area (Å²) >= 11 is 0. The van der Waals surface area contributed by atoms with Crippen LogP contribution in [0.3, 0.4) is 0 Å². The van der Waals surface area contributed by atoms with Crippen molar-refractivity contribution in [3.05, 3.63) is 59.3 Å². The molecule has 0 radical (unpaired) electrons. The van der Waals surface area contributed by atoms with Gasteiger partial charge in [-0.05, 0) is 67.6 Å². The number of nitrogens with two attached hydrogens (primary N) is 2. The third kappa shape index (κ3) is 4.09. The van der Waals surface area contributed by atoms with Gasteiger partial charge in [0, 0.05) is 12.7 Å². The maximum atomic E-state index is 6.01. The number of likely N-dealkylation sites (tertiary alicyclic amines) is 1. The molecule has 0 spiro atoms. The van der Waals surface area contributed by atoms with Crippen molar-refractivity contribution in [1.29, 1.82) is 0 Å². The zero-order chi connectivity index (χ0) is 16.1. The fourth-order valence-electron chi connectivity index (χ4n) is 3.41. The van der Waals surface area contributed by atoms with Gasteiger partial charge in [0.05, 0.1) is 0 Å². The van der Waals surface area contributed by atoms with Gasteiger partial charge < -0.3 is 11.5 Å². The molecule has 1 aromatic heterocycles. The van der Waals surface area contributed by atoms with Crippen molar-refractivity contribution in [1.82, 2.24) is 9.88 Å². The Bertz CT molecular complexity index is 616. The Morgan fingerprint density at radius 3 is 2.39 bits per heavy atom. The van der Waals surface area contributed by atoms with E-state index in [2.05, 4.69) is 40.2 Å². The summed E-state index contributed by atoms with van der Waals surface area (Å²) in [5, 5.41) is 0. The highest BCUT2D eigenvalue weighted by Gasteiger charge is 2.22. The molecule has 0 aliphatic carbocycles. The second kappa shape index (κ2) is 7.57. The van der Waals surface area contributed by atoms with Gasteiger partial charge in [-0.25, -0.2) is 4.98 Å². The number of hydrogen-bond acceptors (Lipinski definition) is 4. The number of nitrogens with zero attached hydrogens (tertiary/aromatic N) is 2. The van der Waals surface area contributed by atoms with Crippen molar-refractivity contribution < 1.29 is 0 Å². The second-order valence-corrected chi connectivity index (χ2v) is 6.38. The minimum Gasteiger partial charge on any atom is -0.383 e. The topological polar surface area (TPSA) is 68.2 Å². The Morgan fingerprint density at radius 2 is 1.74 bits per heavy atom. The first kappa shape index (κ1) is 16.0. The predicted octanol–water partition coefficient (Wildman–Crippen LogP) is 2.54. The van der Waals surface area contributed by atoms with Crippen LogP contribution in [0.4, 0.5) is 5.82 Å². The lowest BCUT2D eigenvalue weighted by atomic mass is 9.89. The number of nitrogen functional groups attached to an aromatic ring is 1. The standard InChI is InChI=1S/C19H26N4/c20-10-7-15-3-5-16(6-4-15)14-23-12-8-17(9-13-23)18-2-1-11-22-19(18)21/h1-6,11,17H,7-10,12-14,20H2,(H2,21,22). The Morgan fingerprint density at radius 1 is 1.04 bits per heavy atom. The van der Waals surface area contributed by atoms with Crippen molar-refractivity contribution in [3.8, 4) is 0 Å². The molecule has 1 aliphatic heterocycles. The molecule has 2 aromatic rings. The van der Waals surface area contributed by atoms with E-state index in [9.17, 15) is 0 Å². The van der Waals surface area contributed by atoms with Crippen LogP contribution in [0.1, 0.15) is 35.4 Å². The van der Waals surface area contributed by atoms with E-state index < -0.39 is 0 Å². The molecule has 23 heavy (non-hydrogen) atoms. The van der Waals surface area contributed by atoms with Gasteiger partial charge in [-0.15, -0.1) is 0 Å². The highest BCUT2D eigenvalue weighted by molar-refractivity contribution is 5.41. The van der Waals surface area contributed by atoms with Gasteiger partial charge in [0.1, 0.15) is 5.82 Å². The van der Waals surface area contributed by atoms with Crippen molar-refractivity contribution in [2.45, 2.75) is 31.7 Å². The summed E-state index contributed by atoms with van der Waals surface area (Å²) in [6.07, 6.45) is 5.03. The van der Waals surface area contributed by atoms with Crippen molar-refractivity contribution in [3.63, 3.8) is 0 Å². The predicted molar refractivity (Wildman–Crippen MR) is 95.1 cm³/mol. The maximum absolute atomic E-state index is 6.01. The van der Waals surface area contributed by atoms with Crippen LogP contribution >= 0.6 is 0 Å². The minimum absolute atomic E-state index is 0.548. The lowest BCUT2D eigenvalue weighted by Gasteiger charge is -2.32. The average Bonchev–Trinajstić information content (AvgIpc) is 2.58. The largest absolute Gasteiger partial charge is 0.383 e. The third-order valence-corrected chi connectivity index (χ3v) is 4.76. The third-order valence-electron chi connectivity index (χ3n) is 4.76. The molecule has 122 valence electrons. The molecule has 0 bridgehead atoms. The van der Waals surface area contributed by atoms with Gasteiger partial charge in [0.2, 0.25) is 0 Å². The summed E-state index contributed by atoms with van der Waals surface area (Å²) in [6, 6.07) is 13.0. The van der Waals surface area contributed by atoms with Gasteiger partial charge in [-0.1, -0.05) is 30.3 Å². The van der Waals surface area contributed by atoms with Gasteiger partial charge in [-0.2, -0.15) is 0 Å². The molecule has 2 heterocycles. The molecule has 4 nitrogen and oxygen atoms in total. The number of aromatic nitrogens is 1. The molecule has 1 fully saturated rings. The van der Waals surface area contributed by atoms with E-state index in [0.29, 0.717) is 18.3 Å². The minimum atomic E-state index is 0.548. The van der Waals surface area contributed by atoms with E-state index in [4.69, 9.17) is 11.5 Å². The Labute approximate surface area is 138 Å². The summed E-state index contributed by atoms with van der Waals surface area (Å²) < 4.78 is 0. The first-order valence-electron chi connectivity index (χ1n) is 8.47. The molecule has 1 aliphatic rings. The molecular formula is C19H26N4. The van der Waals surface area contributed by atoms with Crippen LogP contribution in [0.5, 0.6) is 0 Å². The molecule has 4 N–H and O–H groups in total. The van der Waals surface area contributed by atoms with Gasteiger partial charge in [0.15, 0.2) is 0 Å². The first-order valence-corrected chi connectivity index (χ1v) is 8.47. The average molecular weight is 310 g/mol. The summed E-state index contributed by atoms with van der Waals surface area (Å²) in [6.45, 7) is 3.97. The van der Waals surface area contributed by atoms with E-state index >= 15 is 0 Å². The summed E-state index contributed by atoms with van der Waals surface area (Å²) in [5.74, 6) is 1.24. The number of piperidine rings is 1. The molecule has 4 heteroatoms. The molecule has 0 amide bonds. The van der Waals surface area contributed by atoms with Gasteiger partial charge in [-0.3, -0.25) is 4.90 Å². The van der Waals surface area contributed by atoms with Crippen LogP contribution in [0.25, 0.3) is 0 Å². The fourth-order valence-corrected chi connectivity index (χ4v) is 3.41. The number of hydrogen-bond donors (Lipinski definition) is 2. The molecule has 1 saturated heterocycles. The monoisotopic (exact) mass is 310 g/mol. The molecule has 1 aromatic carbocycles.